The van der Waals surface area contributed by atoms with Gasteiger partial charge in [-0.1, -0.05) is 41.9 Å². The average molecular weight is 447 g/mol. The highest BCUT2D eigenvalue weighted by Crippen LogP contribution is 2.32. The fourth-order valence-electron chi connectivity index (χ4n) is 3.12. The van der Waals surface area contributed by atoms with E-state index in [0.29, 0.717) is 21.5 Å². The first-order chi connectivity index (χ1) is 14.8. The topological polar surface area (TPSA) is 62.0 Å². The molecule has 31 heavy (non-hydrogen) atoms. The standard InChI is InChI=1S/C22H11ClF4N2O2/c23-11-6-7-12-15(8-11)28-20(21(30)10-4-2-1-3-5-10)19(12)29-22(31)13-9-14(24)17(26)18(27)16(13)25/h1-9,28H,(H,29,31). The number of carbonyl (C=O) groups excluding carboxylic acids is 2. The van der Waals surface area contributed by atoms with Crippen molar-refractivity contribution in [3.8, 4) is 0 Å². The van der Waals surface area contributed by atoms with Gasteiger partial charge in [0.25, 0.3) is 5.91 Å². The number of halogens is 5. The van der Waals surface area contributed by atoms with E-state index in [0.717, 1.165) is 0 Å². The molecule has 156 valence electrons. The zero-order valence-corrected chi connectivity index (χ0v) is 16.2. The maximum Gasteiger partial charge on any atom is 0.258 e. The van der Waals surface area contributed by atoms with Crippen LogP contribution < -0.4 is 5.32 Å². The Morgan fingerprint density at radius 1 is 0.871 bits per heavy atom. The quantitative estimate of drug-likeness (QED) is 0.178. The molecule has 4 aromatic rings. The lowest BCUT2D eigenvalue weighted by atomic mass is 10.1. The van der Waals surface area contributed by atoms with Crippen LogP contribution in [0.5, 0.6) is 0 Å². The summed E-state index contributed by atoms with van der Waals surface area (Å²) in [6.07, 6.45) is 0. The highest BCUT2D eigenvalue weighted by atomic mass is 35.5. The number of nitrogens with one attached hydrogen (secondary N) is 2. The number of fused-ring (bicyclic) bond motifs is 1. The molecule has 0 bridgehead atoms. The van der Waals surface area contributed by atoms with Crippen molar-refractivity contribution in [1.29, 1.82) is 0 Å². The molecule has 2 N–H and O–H groups in total. The van der Waals surface area contributed by atoms with Gasteiger partial charge in [-0.05, 0) is 24.3 Å². The first kappa shape index (κ1) is 20.6. The van der Waals surface area contributed by atoms with Crippen molar-refractivity contribution < 1.29 is 27.2 Å². The van der Waals surface area contributed by atoms with E-state index in [1.54, 1.807) is 30.3 Å². The summed E-state index contributed by atoms with van der Waals surface area (Å²) in [6, 6.07) is 12.9. The summed E-state index contributed by atoms with van der Waals surface area (Å²) >= 11 is 5.99. The van der Waals surface area contributed by atoms with E-state index in [4.69, 9.17) is 11.6 Å². The highest BCUT2D eigenvalue weighted by molar-refractivity contribution is 6.31. The van der Waals surface area contributed by atoms with Crippen LogP contribution in [-0.4, -0.2) is 16.7 Å². The number of ketones is 1. The van der Waals surface area contributed by atoms with E-state index >= 15 is 0 Å². The first-order valence-corrected chi connectivity index (χ1v) is 9.21. The lowest BCUT2D eigenvalue weighted by Gasteiger charge is -2.09. The van der Waals surface area contributed by atoms with Crippen LogP contribution in [0.1, 0.15) is 26.4 Å². The van der Waals surface area contributed by atoms with Gasteiger partial charge in [-0.25, -0.2) is 17.6 Å². The van der Waals surface area contributed by atoms with Crippen LogP contribution in [0.3, 0.4) is 0 Å². The molecule has 0 spiro atoms. The van der Waals surface area contributed by atoms with Crippen LogP contribution in [0.15, 0.2) is 54.6 Å². The molecule has 0 fully saturated rings. The van der Waals surface area contributed by atoms with E-state index in [9.17, 15) is 27.2 Å². The van der Waals surface area contributed by atoms with Gasteiger partial charge in [-0.2, -0.15) is 0 Å². The van der Waals surface area contributed by atoms with Gasteiger partial charge in [0.1, 0.15) is 5.69 Å². The van der Waals surface area contributed by atoms with Gasteiger partial charge in [0.15, 0.2) is 23.3 Å². The van der Waals surface area contributed by atoms with Crippen molar-refractivity contribution >= 4 is 39.9 Å². The lowest BCUT2D eigenvalue weighted by Crippen LogP contribution is -2.18. The zero-order chi connectivity index (χ0) is 22.3. The molecule has 0 aliphatic heterocycles. The third kappa shape index (κ3) is 3.66. The number of rotatable bonds is 4. The number of benzene rings is 3. The molecule has 4 rings (SSSR count). The third-order valence-corrected chi connectivity index (χ3v) is 4.84. The molecular formula is C22H11ClF4N2O2. The maximum absolute atomic E-state index is 14.1. The summed E-state index contributed by atoms with van der Waals surface area (Å²) in [7, 11) is 0. The van der Waals surface area contributed by atoms with Gasteiger partial charge >= 0.3 is 0 Å². The summed E-state index contributed by atoms with van der Waals surface area (Å²) < 4.78 is 54.4. The lowest BCUT2D eigenvalue weighted by molar-refractivity contribution is 0.102. The SMILES string of the molecule is O=C(Nc1c(C(=O)c2ccccc2)[nH]c2cc(Cl)ccc12)c1cc(F)c(F)c(F)c1F. The van der Waals surface area contributed by atoms with Crippen molar-refractivity contribution in [2.24, 2.45) is 0 Å². The van der Waals surface area contributed by atoms with Crippen LogP contribution in [0, 0.1) is 23.3 Å². The van der Waals surface area contributed by atoms with E-state index < -0.39 is 40.5 Å². The van der Waals surface area contributed by atoms with Crippen molar-refractivity contribution in [3.05, 3.63) is 99.7 Å². The molecule has 9 heteroatoms. The van der Waals surface area contributed by atoms with Gasteiger partial charge < -0.3 is 10.3 Å². The van der Waals surface area contributed by atoms with Gasteiger partial charge in [0.2, 0.25) is 5.78 Å². The molecular weight excluding hydrogens is 436 g/mol. The predicted octanol–water partition coefficient (Wildman–Crippen LogP) is 5.86. The second-order valence-corrected chi connectivity index (χ2v) is 7.00. The first-order valence-electron chi connectivity index (χ1n) is 8.83. The van der Waals surface area contributed by atoms with E-state index in [-0.39, 0.29) is 17.4 Å². The van der Waals surface area contributed by atoms with Crippen LogP contribution in [0.2, 0.25) is 5.02 Å². The molecule has 0 aliphatic carbocycles. The zero-order valence-electron chi connectivity index (χ0n) is 15.4. The summed E-state index contributed by atoms with van der Waals surface area (Å²) in [5, 5.41) is 3.00. The number of H-pyrrole nitrogens is 1. The molecule has 4 nitrogen and oxygen atoms in total. The monoisotopic (exact) mass is 446 g/mol. The minimum atomic E-state index is -2.11. The highest BCUT2D eigenvalue weighted by Gasteiger charge is 2.26. The van der Waals surface area contributed by atoms with Crippen molar-refractivity contribution in [2.75, 3.05) is 5.32 Å². The molecule has 0 atom stereocenters. The number of hydrogen-bond donors (Lipinski definition) is 2. The fraction of sp³-hybridized carbons (Fsp3) is 0. The summed E-state index contributed by atoms with van der Waals surface area (Å²) in [5.41, 5.74) is -0.479. The number of carbonyl (C=O) groups is 2. The molecule has 0 saturated carbocycles. The molecule has 1 aromatic heterocycles. The Morgan fingerprint density at radius 2 is 1.58 bits per heavy atom. The van der Waals surface area contributed by atoms with Crippen LogP contribution >= 0.6 is 11.6 Å². The number of amides is 1. The van der Waals surface area contributed by atoms with Gasteiger partial charge in [-0.15, -0.1) is 0 Å². The summed E-state index contributed by atoms with van der Waals surface area (Å²) in [6.45, 7) is 0. The van der Waals surface area contributed by atoms with Crippen molar-refractivity contribution in [1.82, 2.24) is 4.98 Å². The minimum Gasteiger partial charge on any atom is -0.350 e. The normalized spacial score (nSPS) is 11.0. The van der Waals surface area contributed by atoms with Crippen LogP contribution in [-0.2, 0) is 0 Å². The molecule has 0 unspecified atom stereocenters. The number of aromatic amines is 1. The second-order valence-electron chi connectivity index (χ2n) is 6.56. The number of anilines is 1. The van der Waals surface area contributed by atoms with Crippen molar-refractivity contribution in [2.45, 2.75) is 0 Å². The van der Waals surface area contributed by atoms with E-state index in [1.807, 2.05) is 0 Å². The molecule has 3 aromatic carbocycles. The Balaban J connectivity index is 1.84. The third-order valence-electron chi connectivity index (χ3n) is 4.61. The largest absolute Gasteiger partial charge is 0.350 e. The van der Waals surface area contributed by atoms with Gasteiger partial charge in [0.05, 0.1) is 11.3 Å². The maximum atomic E-state index is 14.1. The Kier molecular flexibility index (Phi) is 5.24. The molecule has 0 radical (unpaired) electrons. The Bertz CT molecular complexity index is 1350. The van der Waals surface area contributed by atoms with Crippen LogP contribution in [0.4, 0.5) is 23.2 Å². The Labute approximate surface area is 177 Å². The van der Waals surface area contributed by atoms with E-state index in [2.05, 4.69) is 10.3 Å². The van der Waals surface area contributed by atoms with Gasteiger partial charge in [0, 0.05) is 21.5 Å². The van der Waals surface area contributed by atoms with Crippen molar-refractivity contribution in [3.63, 3.8) is 0 Å². The average Bonchev–Trinajstić information content (AvgIpc) is 3.11. The Morgan fingerprint density at radius 3 is 2.29 bits per heavy atom. The molecule has 0 aliphatic rings. The summed E-state index contributed by atoms with van der Waals surface area (Å²) in [5.74, 6) is -9.49. The molecule has 1 amide bonds. The second kappa shape index (κ2) is 7.88. The smallest absolute Gasteiger partial charge is 0.258 e. The van der Waals surface area contributed by atoms with Crippen LogP contribution in [0.25, 0.3) is 10.9 Å². The minimum absolute atomic E-state index is 0.0462. The molecule has 0 saturated heterocycles. The summed E-state index contributed by atoms with van der Waals surface area (Å²) in [4.78, 5) is 28.5. The van der Waals surface area contributed by atoms with E-state index in [1.165, 1.54) is 18.2 Å². The fourth-order valence-corrected chi connectivity index (χ4v) is 3.29. The Hall–Kier alpha value is -3.65. The number of hydrogen-bond acceptors (Lipinski definition) is 2. The molecule has 1 heterocycles. The van der Waals surface area contributed by atoms with Gasteiger partial charge in [-0.3, -0.25) is 9.59 Å². The predicted molar refractivity (Wildman–Crippen MR) is 107 cm³/mol. The number of aromatic nitrogens is 1.